The molecular formula is C20H31N3O3. The van der Waals surface area contributed by atoms with E-state index >= 15 is 0 Å². The molecule has 1 aliphatic rings. The number of nitrogens with one attached hydrogen (secondary N) is 2. The molecule has 1 aliphatic heterocycles. The van der Waals surface area contributed by atoms with E-state index in [-0.39, 0.29) is 11.9 Å². The Morgan fingerprint density at radius 1 is 1.35 bits per heavy atom. The molecule has 0 saturated carbocycles. The van der Waals surface area contributed by atoms with E-state index in [1.165, 1.54) is 0 Å². The Balaban J connectivity index is 2.02. The van der Waals surface area contributed by atoms with Gasteiger partial charge in [-0.1, -0.05) is 26.0 Å². The number of aryl methyl sites for hydroxylation is 1. The van der Waals surface area contributed by atoms with Crippen molar-refractivity contribution in [3.05, 3.63) is 29.8 Å². The molecule has 2 N–H and O–H groups in total. The van der Waals surface area contributed by atoms with Crippen molar-refractivity contribution >= 4 is 17.6 Å². The Labute approximate surface area is 156 Å². The van der Waals surface area contributed by atoms with Gasteiger partial charge in [0.2, 0.25) is 5.91 Å². The highest BCUT2D eigenvalue weighted by Gasteiger charge is 2.40. The normalized spacial score (nSPS) is 19.7. The molecule has 1 atom stereocenters. The Hall–Kier alpha value is -2.08. The van der Waals surface area contributed by atoms with E-state index in [2.05, 4.69) is 10.6 Å². The molecule has 1 heterocycles. The third-order valence-corrected chi connectivity index (χ3v) is 4.73. The van der Waals surface area contributed by atoms with Crippen LogP contribution in [0, 0.1) is 12.8 Å². The van der Waals surface area contributed by atoms with Crippen LogP contribution in [0.25, 0.3) is 0 Å². The number of carbonyl (C=O) groups is 2. The molecule has 144 valence electrons. The molecule has 1 unspecified atom stereocenters. The number of hydrogen-bond donors (Lipinski definition) is 2. The smallest absolute Gasteiger partial charge is 0.319 e. The van der Waals surface area contributed by atoms with Gasteiger partial charge >= 0.3 is 6.03 Å². The molecular weight excluding hydrogens is 330 g/mol. The van der Waals surface area contributed by atoms with Gasteiger partial charge in [-0.2, -0.15) is 0 Å². The first kappa shape index (κ1) is 20.2. The monoisotopic (exact) mass is 361 g/mol. The molecule has 0 bridgehead atoms. The van der Waals surface area contributed by atoms with Crippen LogP contribution in [0.2, 0.25) is 0 Å². The van der Waals surface area contributed by atoms with E-state index in [1.807, 2.05) is 49.9 Å². The van der Waals surface area contributed by atoms with Crippen LogP contribution < -0.4 is 10.6 Å². The number of methoxy groups -OCH3 is 1. The Morgan fingerprint density at radius 2 is 2.12 bits per heavy atom. The number of urea groups is 1. The van der Waals surface area contributed by atoms with Crippen LogP contribution in [-0.4, -0.2) is 49.2 Å². The van der Waals surface area contributed by atoms with Crippen molar-refractivity contribution in [3.8, 4) is 0 Å². The molecule has 1 aromatic rings. The summed E-state index contributed by atoms with van der Waals surface area (Å²) in [6.45, 7) is 7.80. The third-order valence-electron chi connectivity index (χ3n) is 4.73. The van der Waals surface area contributed by atoms with Gasteiger partial charge < -0.3 is 20.3 Å². The van der Waals surface area contributed by atoms with Crippen molar-refractivity contribution in [1.82, 2.24) is 10.2 Å². The second kappa shape index (κ2) is 9.03. The van der Waals surface area contributed by atoms with E-state index in [0.29, 0.717) is 38.5 Å². The number of carbonyl (C=O) groups excluding carboxylic acids is 2. The van der Waals surface area contributed by atoms with Crippen LogP contribution in [0.4, 0.5) is 10.5 Å². The molecule has 6 nitrogen and oxygen atoms in total. The average Bonchev–Trinajstić information content (AvgIpc) is 2.96. The first-order valence-corrected chi connectivity index (χ1v) is 9.26. The summed E-state index contributed by atoms with van der Waals surface area (Å²) in [5.41, 5.74) is 1.40. The number of anilines is 1. The summed E-state index contributed by atoms with van der Waals surface area (Å²) in [6, 6.07) is 7.44. The molecule has 0 spiro atoms. The quantitative estimate of drug-likeness (QED) is 0.784. The minimum atomic E-state index is -0.448. The predicted octanol–water partition coefficient (Wildman–Crippen LogP) is 3.17. The van der Waals surface area contributed by atoms with Gasteiger partial charge in [-0.25, -0.2) is 4.79 Å². The highest BCUT2D eigenvalue weighted by atomic mass is 16.5. The predicted molar refractivity (Wildman–Crippen MR) is 103 cm³/mol. The molecule has 1 aromatic carbocycles. The Kier molecular flexibility index (Phi) is 7.03. The topological polar surface area (TPSA) is 70.7 Å². The van der Waals surface area contributed by atoms with E-state index in [1.54, 1.807) is 7.11 Å². The maximum absolute atomic E-state index is 12.5. The minimum Gasteiger partial charge on any atom is -0.385 e. The summed E-state index contributed by atoms with van der Waals surface area (Å²) < 4.78 is 5.23. The summed E-state index contributed by atoms with van der Waals surface area (Å²) >= 11 is 0. The Morgan fingerprint density at radius 3 is 2.77 bits per heavy atom. The molecule has 0 aliphatic carbocycles. The second-order valence-corrected chi connectivity index (χ2v) is 7.63. The van der Waals surface area contributed by atoms with Crippen molar-refractivity contribution in [3.63, 3.8) is 0 Å². The van der Waals surface area contributed by atoms with Gasteiger partial charge in [0.1, 0.15) is 0 Å². The zero-order valence-electron chi connectivity index (χ0n) is 16.3. The average molecular weight is 361 g/mol. The lowest BCUT2D eigenvalue weighted by atomic mass is 9.94. The number of rotatable bonds is 7. The molecule has 1 fully saturated rings. The van der Waals surface area contributed by atoms with Crippen molar-refractivity contribution in [1.29, 1.82) is 0 Å². The van der Waals surface area contributed by atoms with Crippen LogP contribution in [0.1, 0.15) is 38.7 Å². The van der Waals surface area contributed by atoms with Gasteiger partial charge in [0.05, 0.1) is 5.54 Å². The van der Waals surface area contributed by atoms with E-state index in [0.717, 1.165) is 17.7 Å². The van der Waals surface area contributed by atoms with Gasteiger partial charge in [0, 0.05) is 38.9 Å². The molecule has 0 aromatic heterocycles. The summed E-state index contributed by atoms with van der Waals surface area (Å²) in [4.78, 5) is 26.8. The van der Waals surface area contributed by atoms with Gasteiger partial charge in [-0.05, 0) is 43.4 Å². The molecule has 0 radical (unpaired) electrons. The summed E-state index contributed by atoms with van der Waals surface area (Å²) in [6.07, 6.45) is 1.95. The SMILES string of the molecule is COCCC1(NC(=O)Nc2cccc(C)c2)CCN(C(=O)CC(C)C)C1. The van der Waals surface area contributed by atoms with Crippen LogP contribution in [0.5, 0.6) is 0 Å². The number of likely N-dealkylation sites (tertiary alicyclic amines) is 1. The second-order valence-electron chi connectivity index (χ2n) is 7.63. The maximum Gasteiger partial charge on any atom is 0.319 e. The molecule has 6 heteroatoms. The maximum atomic E-state index is 12.5. The third kappa shape index (κ3) is 5.73. The van der Waals surface area contributed by atoms with Crippen molar-refractivity contribution in [2.75, 3.05) is 32.1 Å². The number of nitrogens with zero attached hydrogens (tertiary/aromatic N) is 1. The number of ether oxygens (including phenoxy) is 1. The standard InChI is InChI=1S/C20H31N3O3/c1-15(2)12-18(24)23-10-8-20(14-23,9-11-26-4)22-19(25)21-17-7-5-6-16(3)13-17/h5-7,13,15H,8-12,14H2,1-4H3,(H2,21,22,25). The molecule has 26 heavy (non-hydrogen) atoms. The van der Waals surface area contributed by atoms with Crippen molar-refractivity contribution in [2.24, 2.45) is 5.92 Å². The number of amides is 3. The van der Waals surface area contributed by atoms with Crippen molar-refractivity contribution in [2.45, 2.75) is 45.6 Å². The molecule has 2 rings (SSSR count). The van der Waals surface area contributed by atoms with E-state index < -0.39 is 5.54 Å². The fourth-order valence-electron chi connectivity index (χ4n) is 3.36. The van der Waals surface area contributed by atoms with Crippen LogP contribution in [-0.2, 0) is 9.53 Å². The zero-order chi connectivity index (χ0) is 19.2. The zero-order valence-corrected chi connectivity index (χ0v) is 16.3. The fourth-order valence-corrected chi connectivity index (χ4v) is 3.36. The lowest BCUT2D eigenvalue weighted by molar-refractivity contribution is -0.131. The summed E-state index contributed by atoms with van der Waals surface area (Å²) in [5, 5.41) is 6.00. The van der Waals surface area contributed by atoms with E-state index in [9.17, 15) is 9.59 Å². The van der Waals surface area contributed by atoms with E-state index in [4.69, 9.17) is 4.74 Å². The first-order valence-electron chi connectivity index (χ1n) is 9.26. The van der Waals surface area contributed by atoms with Gasteiger partial charge in [-0.15, -0.1) is 0 Å². The number of hydrogen-bond acceptors (Lipinski definition) is 3. The van der Waals surface area contributed by atoms with Crippen LogP contribution >= 0.6 is 0 Å². The van der Waals surface area contributed by atoms with Crippen LogP contribution in [0.15, 0.2) is 24.3 Å². The molecule has 1 saturated heterocycles. The lowest BCUT2D eigenvalue weighted by Crippen LogP contribution is -2.53. The highest BCUT2D eigenvalue weighted by Crippen LogP contribution is 2.26. The Bertz CT molecular complexity index is 632. The highest BCUT2D eigenvalue weighted by molar-refractivity contribution is 5.90. The van der Waals surface area contributed by atoms with Gasteiger partial charge in [-0.3, -0.25) is 4.79 Å². The minimum absolute atomic E-state index is 0.153. The largest absolute Gasteiger partial charge is 0.385 e. The molecule has 3 amide bonds. The van der Waals surface area contributed by atoms with Gasteiger partial charge in [0.15, 0.2) is 0 Å². The fraction of sp³-hybridized carbons (Fsp3) is 0.600. The lowest BCUT2D eigenvalue weighted by Gasteiger charge is -2.30. The number of benzene rings is 1. The van der Waals surface area contributed by atoms with Crippen molar-refractivity contribution < 1.29 is 14.3 Å². The summed E-state index contributed by atoms with van der Waals surface area (Å²) in [7, 11) is 1.65. The first-order chi connectivity index (χ1) is 12.3. The van der Waals surface area contributed by atoms with Gasteiger partial charge in [0.25, 0.3) is 0 Å². The summed E-state index contributed by atoms with van der Waals surface area (Å²) in [5.74, 6) is 0.481. The van der Waals surface area contributed by atoms with Crippen LogP contribution in [0.3, 0.4) is 0 Å².